The van der Waals surface area contributed by atoms with Crippen LogP contribution >= 0.6 is 0 Å². The summed E-state index contributed by atoms with van der Waals surface area (Å²) in [5.41, 5.74) is 0.878. The highest BCUT2D eigenvalue weighted by molar-refractivity contribution is 5.67. The van der Waals surface area contributed by atoms with Crippen molar-refractivity contribution in [2.24, 2.45) is 5.92 Å². The summed E-state index contributed by atoms with van der Waals surface area (Å²) in [4.78, 5) is 20.3. The number of nitrogens with zero attached hydrogens (tertiary/aromatic N) is 3. The lowest BCUT2D eigenvalue weighted by molar-refractivity contribution is 0.0249. The Labute approximate surface area is 139 Å². The molecule has 0 N–H and O–H groups in total. The van der Waals surface area contributed by atoms with Gasteiger partial charge in [-0.3, -0.25) is 9.88 Å². The zero-order valence-corrected chi connectivity index (χ0v) is 14.8. The molecule has 1 aliphatic heterocycles. The van der Waals surface area contributed by atoms with Crippen LogP contribution in [0.25, 0.3) is 0 Å². The van der Waals surface area contributed by atoms with Gasteiger partial charge in [-0.05, 0) is 70.3 Å². The SMILES string of the molecule is CN(CC1CCN(Cc2ccncc2)CC1)C(=O)OC(C)(C)C. The van der Waals surface area contributed by atoms with E-state index in [1.807, 2.05) is 40.2 Å². The smallest absolute Gasteiger partial charge is 0.410 e. The van der Waals surface area contributed by atoms with Gasteiger partial charge < -0.3 is 9.64 Å². The Bertz CT molecular complexity index is 491. The fourth-order valence-electron chi connectivity index (χ4n) is 2.88. The molecule has 1 aromatic rings. The van der Waals surface area contributed by atoms with E-state index in [0.717, 1.165) is 39.0 Å². The molecule has 1 fully saturated rings. The monoisotopic (exact) mass is 319 g/mol. The van der Waals surface area contributed by atoms with Crippen LogP contribution in [-0.2, 0) is 11.3 Å². The molecule has 0 aliphatic carbocycles. The van der Waals surface area contributed by atoms with Crippen molar-refractivity contribution in [2.75, 3.05) is 26.7 Å². The van der Waals surface area contributed by atoms with Gasteiger partial charge in [0.1, 0.15) is 5.60 Å². The van der Waals surface area contributed by atoms with E-state index in [2.05, 4.69) is 22.0 Å². The Morgan fingerprint density at radius 2 is 1.91 bits per heavy atom. The number of amides is 1. The minimum absolute atomic E-state index is 0.225. The fourth-order valence-corrected chi connectivity index (χ4v) is 2.88. The van der Waals surface area contributed by atoms with Crippen molar-refractivity contribution in [3.8, 4) is 0 Å². The molecule has 5 nitrogen and oxygen atoms in total. The van der Waals surface area contributed by atoms with Crippen molar-refractivity contribution in [2.45, 2.75) is 45.8 Å². The average Bonchev–Trinajstić information content (AvgIpc) is 2.48. The lowest BCUT2D eigenvalue weighted by atomic mass is 9.96. The normalized spacial score (nSPS) is 17.0. The summed E-state index contributed by atoms with van der Waals surface area (Å²) >= 11 is 0. The molecule has 0 bridgehead atoms. The number of rotatable bonds is 4. The van der Waals surface area contributed by atoms with E-state index < -0.39 is 5.60 Å². The largest absolute Gasteiger partial charge is 0.444 e. The maximum Gasteiger partial charge on any atom is 0.410 e. The van der Waals surface area contributed by atoms with E-state index in [1.165, 1.54) is 5.56 Å². The summed E-state index contributed by atoms with van der Waals surface area (Å²) in [6.07, 6.45) is 5.71. The van der Waals surface area contributed by atoms with Crippen LogP contribution in [0.1, 0.15) is 39.2 Å². The number of likely N-dealkylation sites (tertiary alicyclic amines) is 1. The van der Waals surface area contributed by atoms with Crippen LogP contribution in [0.2, 0.25) is 0 Å². The predicted molar refractivity (Wildman–Crippen MR) is 91.1 cm³/mol. The van der Waals surface area contributed by atoms with Gasteiger partial charge in [0, 0.05) is 32.5 Å². The Morgan fingerprint density at radius 3 is 2.48 bits per heavy atom. The summed E-state index contributed by atoms with van der Waals surface area (Å²) in [5.74, 6) is 0.557. The maximum atomic E-state index is 12.0. The quantitative estimate of drug-likeness (QED) is 0.855. The molecule has 128 valence electrons. The summed E-state index contributed by atoms with van der Waals surface area (Å²) in [7, 11) is 1.83. The molecule has 2 heterocycles. The number of pyridine rings is 1. The number of piperidine rings is 1. The molecule has 5 heteroatoms. The van der Waals surface area contributed by atoms with Crippen LogP contribution in [0.3, 0.4) is 0 Å². The predicted octanol–water partition coefficient (Wildman–Crippen LogP) is 3.16. The van der Waals surface area contributed by atoms with Crippen LogP contribution in [-0.4, -0.2) is 53.2 Å². The van der Waals surface area contributed by atoms with Gasteiger partial charge in [-0.25, -0.2) is 4.79 Å². The summed E-state index contributed by atoms with van der Waals surface area (Å²) < 4.78 is 5.41. The molecule has 0 aromatic carbocycles. The Morgan fingerprint density at radius 1 is 1.30 bits per heavy atom. The summed E-state index contributed by atoms with van der Waals surface area (Å²) in [5, 5.41) is 0. The highest BCUT2D eigenvalue weighted by atomic mass is 16.6. The molecule has 1 aromatic heterocycles. The number of carbonyl (C=O) groups excluding carboxylic acids is 1. The van der Waals surface area contributed by atoms with E-state index in [0.29, 0.717) is 5.92 Å². The van der Waals surface area contributed by atoms with Gasteiger partial charge in [-0.15, -0.1) is 0 Å². The van der Waals surface area contributed by atoms with Crippen molar-refractivity contribution in [3.63, 3.8) is 0 Å². The van der Waals surface area contributed by atoms with Crippen LogP contribution in [0.4, 0.5) is 4.79 Å². The first-order valence-corrected chi connectivity index (χ1v) is 8.39. The third-order valence-electron chi connectivity index (χ3n) is 4.10. The molecule has 1 saturated heterocycles. The first-order valence-electron chi connectivity index (χ1n) is 8.39. The van der Waals surface area contributed by atoms with E-state index in [-0.39, 0.29) is 6.09 Å². The van der Waals surface area contributed by atoms with Gasteiger partial charge in [-0.1, -0.05) is 0 Å². The Balaban J connectivity index is 1.73. The number of ether oxygens (including phenoxy) is 1. The molecule has 1 amide bonds. The first-order chi connectivity index (χ1) is 10.8. The lowest BCUT2D eigenvalue weighted by Gasteiger charge is -2.34. The highest BCUT2D eigenvalue weighted by Gasteiger charge is 2.24. The highest BCUT2D eigenvalue weighted by Crippen LogP contribution is 2.20. The second-order valence-electron chi connectivity index (χ2n) is 7.44. The van der Waals surface area contributed by atoms with Crippen molar-refractivity contribution in [1.29, 1.82) is 0 Å². The number of hydrogen-bond acceptors (Lipinski definition) is 4. The topological polar surface area (TPSA) is 45.7 Å². The molecular weight excluding hydrogens is 290 g/mol. The average molecular weight is 319 g/mol. The minimum Gasteiger partial charge on any atom is -0.444 e. The summed E-state index contributed by atoms with van der Waals surface area (Å²) in [6, 6.07) is 4.14. The number of hydrogen-bond donors (Lipinski definition) is 0. The first kappa shape index (κ1) is 17.7. The molecule has 0 radical (unpaired) electrons. The second kappa shape index (κ2) is 7.77. The molecule has 2 rings (SSSR count). The van der Waals surface area contributed by atoms with Crippen LogP contribution in [0.5, 0.6) is 0 Å². The van der Waals surface area contributed by atoms with Crippen LogP contribution in [0, 0.1) is 5.92 Å². The third-order valence-corrected chi connectivity index (χ3v) is 4.10. The molecule has 0 atom stereocenters. The van der Waals surface area contributed by atoms with Crippen molar-refractivity contribution >= 4 is 6.09 Å². The van der Waals surface area contributed by atoms with Crippen molar-refractivity contribution < 1.29 is 9.53 Å². The van der Waals surface area contributed by atoms with Gasteiger partial charge in [0.2, 0.25) is 0 Å². The molecule has 0 spiro atoms. The van der Waals surface area contributed by atoms with Gasteiger partial charge in [0.05, 0.1) is 0 Å². The Hall–Kier alpha value is -1.62. The molecule has 0 saturated carbocycles. The number of aromatic nitrogens is 1. The van der Waals surface area contributed by atoms with Gasteiger partial charge in [0.15, 0.2) is 0 Å². The van der Waals surface area contributed by atoms with Crippen LogP contribution in [0.15, 0.2) is 24.5 Å². The molecule has 1 aliphatic rings. The standard InChI is InChI=1S/C18H29N3O2/c1-18(2,3)23-17(22)20(4)13-16-7-11-21(12-8-16)14-15-5-9-19-10-6-15/h5-6,9-10,16H,7-8,11-14H2,1-4H3. The van der Waals surface area contributed by atoms with Crippen molar-refractivity contribution in [3.05, 3.63) is 30.1 Å². The minimum atomic E-state index is -0.431. The molecule has 0 unspecified atom stereocenters. The Kier molecular flexibility index (Phi) is 5.99. The number of carbonyl (C=O) groups is 1. The fraction of sp³-hybridized carbons (Fsp3) is 0.667. The zero-order valence-electron chi connectivity index (χ0n) is 14.8. The molecule has 23 heavy (non-hydrogen) atoms. The van der Waals surface area contributed by atoms with E-state index in [9.17, 15) is 4.79 Å². The van der Waals surface area contributed by atoms with E-state index in [4.69, 9.17) is 4.74 Å². The van der Waals surface area contributed by atoms with Crippen molar-refractivity contribution in [1.82, 2.24) is 14.8 Å². The van der Waals surface area contributed by atoms with Gasteiger partial charge in [0.25, 0.3) is 0 Å². The zero-order chi connectivity index (χ0) is 16.9. The van der Waals surface area contributed by atoms with Crippen LogP contribution < -0.4 is 0 Å². The lowest BCUT2D eigenvalue weighted by Crippen LogP contribution is -2.41. The maximum absolute atomic E-state index is 12.0. The van der Waals surface area contributed by atoms with Gasteiger partial charge >= 0.3 is 6.09 Å². The van der Waals surface area contributed by atoms with Gasteiger partial charge in [-0.2, -0.15) is 0 Å². The second-order valence-corrected chi connectivity index (χ2v) is 7.44. The third kappa shape index (κ3) is 6.18. The van der Waals surface area contributed by atoms with E-state index in [1.54, 1.807) is 4.90 Å². The van der Waals surface area contributed by atoms with E-state index >= 15 is 0 Å². The summed E-state index contributed by atoms with van der Waals surface area (Å²) in [6.45, 7) is 9.61. The molecular formula is C18H29N3O2.